The second-order valence-corrected chi connectivity index (χ2v) is 10.9. The predicted molar refractivity (Wildman–Crippen MR) is 161 cm³/mol. The third-order valence-corrected chi connectivity index (χ3v) is 7.15. The zero-order valence-corrected chi connectivity index (χ0v) is 25.2. The molecule has 2 aliphatic heterocycles. The Morgan fingerprint density at radius 2 is 1.17 bits per heavy atom. The van der Waals surface area contributed by atoms with Crippen LogP contribution in [-0.2, 0) is 9.47 Å². The molecule has 2 aromatic carbocycles. The number of benzene rings is 2. The van der Waals surface area contributed by atoms with Gasteiger partial charge in [0.1, 0.15) is 34.2 Å². The molecule has 2 aliphatic rings. The number of aromatic nitrogens is 4. The maximum absolute atomic E-state index is 9.17. The topological polar surface area (TPSA) is 133 Å². The Labute approximate surface area is 248 Å². The van der Waals surface area contributed by atoms with Crippen LogP contribution in [0.15, 0.2) is 53.5 Å². The molecule has 41 heavy (non-hydrogen) atoms. The van der Waals surface area contributed by atoms with E-state index in [-0.39, 0.29) is 12.2 Å². The second-order valence-electron chi connectivity index (χ2n) is 10.0. The lowest BCUT2D eigenvalue weighted by Gasteiger charge is -2.37. The van der Waals surface area contributed by atoms with Crippen LogP contribution in [0.25, 0.3) is 22.1 Å². The van der Waals surface area contributed by atoms with Crippen molar-refractivity contribution in [2.45, 2.75) is 52.1 Å². The van der Waals surface area contributed by atoms with Crippen LogP contribution in [0.1, 0.15) is 38.8 Å². The van der Waals surface area contributed by atoms with Crippen LogP contribution >= 0.6 is 15.9 Å². The van der Waals surface area contributed by atoms with E-state index in [2.05, 4.69) is 85.9 Å². The van der Waals surface area contributed by atoms with Gasteiger partial charge >= 0.3 is 0 Å². The molecule has 2 fully saturated rings. The van der Waals surface area contributed by atoms with Crippen LogP contribution in [0.4, 0.5) is 5.69 Å². The van der Waals surface area contributed by atoms with E-state index in [0.717, 1.165) is 47.4 Å². The Morgan fingerprint density at radius 3 is 1.68 bits per heavy atom. The van der Waals surface area contributed by atoms with E-state index >= 15 is 0 Å². The van der Waals surface area contributed by atoms with Gasteiger partial charge in [-0.1, -0.05) is 0 Å². The van der Waals surface area contributed by atoms with E-state index in [1.54, 1.807) is 36.9 Å². The van der Waals surface area contributed by atoms with Gasteiger partial charge in [0, 0.05) is 55.4 Å². The minimum absolute atomic E-state index is 0.182. The summed E-state index contributed by atoms with van der Waals surface area (Å²) in [4.78, 5) is 19.2. The SMILES string of the molecule is C[C@@H]1CN(c2ccc(C#N)c3nccnc23)C[C@H](C)O1.C[C@@H]1CNC[C@H](C)O1.N#Cc1ccc(Br)c2nccnc12. The van der Waals surface area contributed by atoms with Gasteiger partial charge < -0.3 is 19.7 Å². The summed E-state index contributed by atoms with van der Waals surface area (Å²) in [6.45, 7) is 12.0. The van der Waals surface area contributed by atoms with Gasteiger partial charge in [0.25, 0.3) is 0 Å². The van der Waals surface area contributed by atoms with Crippen molar-refractivity contribution in [2.75, 3.05) is 31.1 Å². The van der Waals surface area contributed by atoms with Crippen molar-refractivity contribution in [1.29, 1.82) is 10.5 Å². The Bertz CT molecular complexity index is 1550. The first-order chi connectivity index (χ1) is 19.8. The van der Waals surface area contributed by atoms with Crippen LogP contribution < -0.4 is 10.2 Å². The first-order valence-electron chi connectivity index (χ1n) is 13.5. The molecule has 0 spiro atoms. The molecule has 10 nitrogen and oxygen atoms in total. The minimum atomic E-state index is 0.182. The molecule has 2 aromatic heterocycles. The molecule has 1 N–H and O–H groups in total. The lowest BCUT2D eigenvalue weighted by molar-refractivity contribution is -0.0166. The van der Waals surface area contributed by atoms with Crippen molar-refractivity contribution in [2.24, 2.45) is 0 Å². The van der Waals surface area contributed by atoms with E-state index in [9.17, 15) is 0 Å². The van der Waals surface area contributed by atoms with Crippen molar-refractivity contribution >= 4 is 43.7 Å². The van der Waals surface area contributed by atoms with Gasteiger partial charge in [0.2, 0.25) is 0 Å². The zero-order chi connectivity index (χ0) is 29.4. The maximum atomic E-state index is 9.17. The Hall–Kier alpha value is -3.74. The molecule has 4 atom stereocenters. The van der Waals surface area contributed by atoms with Crippen LogP contribution in [0.3, 0.4) is 0 Å². The van der Waals surface area contributed by atoms with E-state index in [1.807, 2.05) is 12.1 Å². The van der Waals surface area contributed by atoms with Gasteiger partial charge in [0.05, 0.1) is 41.2 Å². The predicted octanol–water partition coefficient (Wildman–Crippen LogP) is 4.76. The largest absolute Gasteiger partial charge is 0.373 e. The van der Waals surface area contributed by atoms with Gasteiger partial charge in [-0.25, -0.2) is 0 Å². The summed E-state index contributed by atoms with van der Waals surface area (Å²) in [5, 5.41) is 21.2. The second kappa shape index (κ2) is 14.2. The number of halogens is 1. The number of morpholine rings is 2. The van der Waals surface area contributed by atoms with Gasteiger partial charge in [-0.15, -0.1) is 0 Å². The Balaban J connectivity index is 0.000000158. The number of fused-ring (bicyclic) bond motifs is 2. The molecule has 0 radical (unpaired) electrons. The number of hydrogen-bond donors (Lipinski definition) is 1. The number of rotatable bonds is 1. The molecule has 0 unspecified atom stereocenters. The highest BCUT2D eigenvalue weighted by Gasteiger charge is 2.24. The van der Waals surface area contributed by atoms with Gasteiger partial charge in [0.15, 0.2) is 0 Å². The summed E-state index contributed by atoms with van der Waals surface area (Å²) in [6.07, 6.45) is 7.64. The fourth-order valence-corrected chi connectivity index (χ4v) is 5.28. The van der Waals surface area contributed by atoms with Gasteiger partial charge in [-0.2, -0.15) is 10.5 Å². The summed E-state index contributed by atoms with van der Waals surface area (Å²) >= 11 is 3.35. The number of anilines is 1. The summed E-state index contributed by atoms with van der Waals surface area (Å²) < 4.78 is 12.0. The smallest absolute Gasteiger partial charge is 0.113 e. The monoisotopic (exact) mass is 616 g/mol. The number of nitriles is 2. The maximum Gasteiger partial charge on any atom is 0.113 e. The van der Waals surface area contributed by atoms with E-state index in [0.29, 0.717) is 34.4 Å². The summed E-state index contributed by atoms with van der Waals surface area (Å²) in [6, 6.07) is 11.5. The molecule has 0 amide bonds. The molecule has 212 valence electrons. The number of nitrogens with zero attached hydrogens (tertiary/aromatic N) is 7. The molecular weight excluding hydrogens is 584 g/mol. The van der Waals surface area contributed by atoms with Gasteiger partial charge in [-0.05, 0) is 67.9 Å². The lowest BCUT2D eigenvalue weighted by Crippen LogP contribution is -2.45. The fourth-order valence-electron chi connectivity index (χ4n) is 4.86. The van der Waals surface area contributed by atoms with Gasteiger partial charge in [-0.3, -0.25) is 19.9 Å². The van der Waals surface area contributed by atoms with Crippen molar-refractivity contribution in [3.63, 3.8) is 0 Å². The lowest BCUT2D eigenvalue weighted by atomic mass is 10.1. The number of nitrogens with one attached hydrogen (secondary N) is 1. The minimum Gasteiger partial charge on any atom is -0.373 e. The average Bonchev–Trinajstić information content (AvgIpc) is 2.97. The van der Waals surface area contributed by atoms with Crippen LogP contribution in [0, 0.1) is 22.7 Å². The average molecular weight is 618 g/mol. The summed E-state index contributed by atoms with van der Waals surface area (Å²) in [7, 11) is 0. The number of hydrogen-bond acceptors (Lipinski definition) is 10. The van der Waals surface area contributed by atoms with E-state index in [1.165, 1.54) is 0 Å². The van der Waals surface area contributed by atoms with Crippen molar-refractivity contribution in [3.05, 3.63) is 64.7 Å². The molecular formula is C30H33BrN8O2. The number of ether oxygens (including phenoxy) is 2. The Morgan fingerprint density at radius 1 is 0.707 bits per heavy atom. The third-order valence-electron chi connectivity index (χ3n) is 6.51. The first kappa shape index (κ1) is 30.2. The highest BCUT2D eigenvalue weighted by molar-refractivity contribution is 9.10. The molecule has 2 saturated heterocycles. The highest BCUT2D eigenvalue weighted by atomic mass is 79.9. The van der Waals surface area contributed by atoms with Crippen molar-refractivity contribution < 1.29 is 9.47 Å². The zero-order valence-electron chi connectivity index (χ0n) is 23.6. The first-order valence-corrected chi connectivity index (χ1v) is 14.3. The summed E-state index contributed by atoms with van der Waals surface area (Å²) in [5.74, 6) is 0. The molecule has 4 aromatic rings. The molecule has 4 heterocycles. The van der Waals surface area contributed by atoms with E-state index < -0.39 is 0 Å². The fraction of sp³-hybridized carbons (Fsp3) is 0.400. The van der Waals surface area contributed by atoms with Crippen LogP contribution in [0.5, 0.6) is 0 Å². The molecule has 0 aliphatic carbocycles. The standard InChI is InChI=1S/C15H16N4O.C9H4BrN3.C6H13NO/c1-10-8-19(9-11(2)20-10)13-4-3-12(7-16)14-15(13)18-6-5-17-14;10-7-2-1-6(5-11)8-9(7)13-4-3-12-8;1-5-3-7-4-6(2)8-5/h3-6,10-11H,8-9H2,1-2H3;1-4H;5-7H,3-4H2,1-2H3/t10-,11+;;5-,6+. The van der Waals surface area contributed by atoms with Crippen molar-refractivity contribution in [3.8, 4) is 12.1 Å². The molecule has 0 saturated carbocycles. The molecule has 11 heteroatoms. The quantitative estimate of drug-likeness (QED) is 0.319. The van der Waals surface area contributed by atoms with Crippen LogP contribution in [-0.4, -0.2) is 70.5 Å². The Kier molecular flexibility index (Phi) is 10.5. The summed E-state index contributed by atoms with van der Waals surface area (Å²) in [5.41, 5.74) is 4.94. The highest BCUT2D eigenvalue weighted by Crippen LogP contribution is 2.28. The molecule has 0 bridgehead atoms. The van der Waals surface area contributed by atoms with Crippen molar-refractivity contribution in [1.82, 2.24) is 25.3 Å². The normalized spacial score (nSPS) is 22.0. The van der Waals surface area contributed by atoms with Crippen LogP contribution in [0.2, 0.25) is 0 Å². The molecule has 6 rings (SSSR count). The van der Waals surface area contributed by atoms with E-state index in [4.69, 9.17) is 20.0 Å². The third kappa shape index (κ3) is 7.72.